The molecule has 0 saturated carbocycles. The zero-order valence-electron chi connectivity index (χ0n) is 17.0. The van der Waals surface area contributed by atoms with E-state index in [2.05, 4.69) is 48.9 Å². The lowest BCUT2D eigenvalue weighted by Gasteiger charge is -2.24. The molecule has 2 amide bonds. The van der Waals surface area contributed by atoms with Crippen molar-refractivity contribution in [1.29, 1.82) is 5.26 Å². The van der Waals surface area contributed by atoms with Gasteiger partial charge in [-0.3, -0.25) is 4.79 Å². The Hall–Kier alpha value is -3.68. The summed E-state index contributed by atoms with van der Waals surface area (Å²) in [5, 5.41) is 16.8. The quantitative estimate of drug-likeness (QED) is 0.461. The Morgan fingerprint density at radius 2 is 1.79 bits per heavy atom. The molecule has 1 N–H and O–H groups in total. The first-order chi connectivity index (χ1) is 15.9. The maximum atomic E-state index is 12.3. The summed E-state index contributed by atoms with van der Waals surface area (Å²) in [4.78, 5) is 24.6. The van der Waals surface area contributed by atoms with Crippen LogP contribution in [0.3, 0.4) is 0 Å². The summed E-state index contributed by atoms with van der Waals surface area (Å²) in [5.74, 6) is 0.895. The molecule has 4 rings (SSSR count). The van der Waals surface area contributed by atoms with Crippen LogP contribution in [0.1, 0.15) is 5.56 Å². The van der Waals surface area contributed by atoms with E-state index in [1.54, 1.807) is 29.0 Å². The number of nitrogens with zero attached hydrogens (tertiary/aromatic N) is 4. The van der Waals surface area contributed by atoms with E-state index < -0.39 is 6.03 Å². The average Bonchev–Trinajstić information content (AvgIpc) is 2.79. The lowest BCUT2D eigenvalue weighted by atomic mass is 10.2. The minimum atomic E-state index is -0.542. The lowest BCUT2D eigenvalue weighted by Crippen LogP contribution is -2.42. The predicted molar refractivity (Wildman–Crippen MR) is 131 cm³/mol. The summed E-state index contributed by atoms with van der Waals surface area (Å²) >= 11 is 6.92. The summed E-state index contributed by atoms with van der Waals surface area (Å²) < 4.78 is 8.64. The number of nitriles is 1. The fourth-order valence-electron chi connectivity index (χ4n) is 3.07. The Kier molecular flexibility index (Phi) is 6.44. The number of benzene rings is 2. The zero-order valence-corrected chi connectivity index (χ0v) is 20.1. The number of hydrogen-bond acceptors (Lipinski definition) is 5. The van der Waals surface area contributed by atoms with Crippen LogP contribution in [0.4, 0.5) is 10.5 Å². The summed E-state index contributed by atoms with van der Waals surface area (Å²) in [6.07, 6.45) is 1.63. The molecule has 0 aliphatic carbocycles. The van der Waals surface area contributed by atoms with Crippen LogP contribution in [0.2, 0.25) is 0 Å². The van der Waals surface area contributed by atoms with Gasteiger partial charge in [0, 0.05) is 6.07 Å². The van der Waals surface area contributed by atoms with Crippen LogP contribution in [0.5, 0.6) is 11.5 Å². The molecule has 0 saturated heterocycles. The molecule has 10 heteroatoms. The number of hydrazone groups is 1. The van der Waals surface area contributed by atoms with Gasteiger partial charge in [-0.2, -0.15) is 15.4 Å². The number of carbonyl (C=O) groups is 1. The molecule has 0 unspecified atom stereocenters. The van der Waals surface area contributed by atoms with Crippen molar-refractivity contribution in [3.05, 3.63) is 97.9 Å². The molecule has 0 atom stereocenters. The Bertz CT molecular complexity index is 1370. The molecule has 0 fully saturated rings. The Morgan fingerprint density at radius 3 is 2.45 bits per heavy atom. The minimum Gasteiger partial charge on any atom is -0.453 e. The first kappa shape index (κ1) is 22.5. The van der Waals surface area contributed by atoms with Gasteiger partial charge in [-0.1, -0.05) is 36.9 Å². The van der Waals surface area contributed by atoms with Gasteiger partial charge in [0.2, 0.25) is 0 Å². The Labute approximate surface area is 205 Å². The highest BCUT2D eigenvalue weighted by Crippen LogP contribution is 2.40. The number of pyridine rings is 1. The van der Waals surface area contributed by atoms with Gasteiger partial charge in [0.15, 0.2) is 11.5 Å². The number of aromatic nitrogens is 1. The second-order valence-electron chi connectivity index (χ2n) is 6.94. The van der Waals surface area contributed by atoms with Crippen molar-refractivity contribution in [2.24, 2.45) is 5.10 Å². The van der Waals surface area contributed by atoms with Crippen molar-refractivity contribution in [1.82, 2.24) is 9.88 Å². The third-order valence-corrected chi connectivity index (χ3v) is 5.82. The van der Waals surface area contributed by atoms with Gasteiger partial charge in [0.1, 0.15) is 11.8 Å². The van der Waals surface area contributed by atoms with Crippen LogP contribution in [0.15, 0.2) is 91.9 Å². The minimum absolute atomic E-state index is 0.00263. The average molecular weight is 569 g/mol. The molecule has 2 aromatic carbocycles. The van der Waals surface area contributed by atoms with Crippen molar-refractivity contribution >= 4 is 49.3 Å². The molecule has 1 aromatic heterocycles. The molecule has 0 radical (unpaired) electrons. The van der Waals surface area contributed by atoms with Crippen LogP contribution >= 0.6 is 31.9 Å². The second kappa shape index (κ2) is 9.44. The number of rotatable bonds is 5. The number of amides is 2. The number of allylic oxidation sites excluding steroid dienone is 1. The van der Waals surface area contributed by atoms with E-state index in [1.165, 1.54) is 6.07 Å². The molecule has 33 heavy (non-hydrogen) atoms. The van der Waals surface area contributed by atoms with E-state index in [1.807, 2.05) is 36.4 Å². The number of anilines is 1. The van der Waals surface area contributed by atoms with E-state index in [0.717, 1.165) is 10.6 Å². The van der Waals surface area contributed by atoms with Crippen LogP contribution < -0.4 is 20.6 Å². The van der Waals surface area contributed by atoms with Crippen LogP contribution in [-0.4, -0.2) is 16.3 Å². The molecule has 1 aliphatic rings. The molecular formula is C23H15Br2N5O3. The fourth-order valence-corrected chi connectivity index (χ4v) is 4.39. The Morgan fingerprint density at radius 1 is 1.09 bits per heavy atom. The van der Waals surface area contributed by atoms with Crippen LogP contribution in [0.25, 0.3) is 0 Å². The van der Waals surface area contributed by atoms with E-state index in [-0.39, 0.29) is 17.0 Å². The second-order valence-corrected chi connectivity index (χ2v) is 8.65. The lowest BCUT2D eigenvalue weighted by molar-refractivity contribution is 0.248. The van der Waals surface area contributed by atoms with Gasteiger partial charge in [0.25, 0.3) is 5.56 Å². The number of ether oxygens (including phenoxy) is 1. The van der Waals surface area contributed by atoms with Gasteiger partial charge in [0.05, 0.1) is 33.1 Å². The standard InChI is InChI=1S/C23H15Br2N5O3/c1-14-20(11-26)28-30(23(32)27-14)16-9-18(24)22(19(25)10-16)33-17-7-8-21(31)29(13-17)12-15-5-3-2-4-6-15/h2-10,13H,1,12H2,(H,27,32). The maximum Gasteiger partial charge on any atom is 0.347 e. The van der Waals surface area contributed by atoms with Crippen molar-refractivity contribution in [3.8, 4) is 17.6 Å². The number of halogens is 2. The number of carbonyl (C=O) groups excluding carboxylic acids is 1. The number of nitrogens with one attached hydrogen (secondary N) is 1. The summed E-state index contributed by atoms with van der Waals surface area (Å²) in [7, 11) is 0. The van der Waals surface area contributed by atoms with Gasteiger partial charge < -0.3 is 14.6 Å². The highest BCUT2D eigenvalue weighted by molar-refractivity contribution is 9.11. The van der Waals surface area contributed by atoms with Gasteiger partial charge >= 0.3 is 6.03 Å². The van der Waals surface area contributed by atoms with E-state index >= 15 is 0 Å². The van der Waals surface area contributed by atoms with Crippen LogP contribution in [0, 0.1) is 11.3 Å². The molecule has 8 nitrogen and oxygen atoms in total. The zero-order chi connectivity index (χ0) is 23.5. The van der Waals surface area contributed by atoms with Gasteiger partial charge in [-0.05, 0) is 55.6 Å². The van der Waals surface area contributed by atoms with Crippen molar-refractivity contribution in [2.45, 2.75) is 6.54 Å². The first-order valence-electron chi connectivity index (χ1n) is 9.56. The van der Waals surface area contributed by atoms with Gasteiger partial charge in [-0.15, -0.1) is 0 Å². The SMILES string of the molecule is C=C1NC(=O)N(c2cc(Br)c(Oc3ccc(=O)n(Cc4ccccc4)c3)c(Br)c2)N=C1C#N. The predicted octanol–water partition coefficient (Wildman–Crippen LogP) is 5.14. The third-order valence-electron chi connectivity index (χ3n) is 4.64. The number of hydrogen-bond donors (Lipinski definition) is 1. The van der Waals surface area contributed by atoms with Crippen LogP contribution in [-0.2, 0) is 6.54 Å². The highest BCUT2D eigenvalue weighted by atomic mass is 79.9. The fraction of sp³-hybridized carbons (Fsp3) is 0.0435. The third kappa shape index (κ3) is 4.89. The molecule has 0 bridgehead atoms. The van der Waals surface area contributed by atoms with Crippen molar-refractivity contribution in [2.75, 3.05) is 5.01 Å². The smallest absolute Gasteiger partial charge is 0.347 e. The van der Waals surface area contributed by atoms with Crippen molar-refractivity contribution in [3.63, 3.8) is 0 Å². The monoisotopic (exact) mass is 567 g/mol. The van der Waals surface area contributed by atoms with Gasteiger partial charge in [-0.25, -0.2) is 4.79 Å². The molecule has 1 aliphatic heterocycles. The Balaban J connectivity index is 1.63. The highest BCUT2D eigenvalue weighted by Gasteiger charge is 2.25. The maximum absolute atomic E-state index is 12.3. The number of urea groups is 1. The summed E-state index contributed by atoms with van der Waals surface area (Å²) in [6.45, 7) is 4.02. The summed E-state index contributed by atoms with van der Waals surface area (Å²) in [5.41, 5.74) is 1.38. The van der Waals surface area contributed by atoms with E-state index in [0.29, 0.717) is 32.7 Å². The van der Waals surface area contributed by atoms with E-state index in [4.69, 9.17) is 4.74 Å². The molecule has 3 aromatic rings. The van der Waals surface area contributed by atoms with Crippen molar-refractivity contribution < 1.29 is 9.53 Å². The summed E-state index contributed by atoms with van der Waals surface area (Å²) in [6, 6.07) is 17.3. The molecule has 0 spiro atoms. The molecular weight excluding hydrogens is 554 g/mol. The molecule has 2 heterocycles. The molecule has 164 valence electrons. The topological polar surface area (TPSA) is 99.7 Å². The first-order valence-corrected chi connectivity index (χ1v) is 11.1. The largest absolute Gasteiger partial charge is 0.453 e. The normalized spacial score (nSPS) is 13.2. The van der Waals surface area contributed by atoms with E-state index in [9.17, 15) is 14.9 Å².